The van der Waals surface area contributed by atoms with Crippen molar-refractivity contribution in [3.8, 4) is 0 Å². The van der Waals surface area contributed by atoms with Crippen molar-refractivity contribution in [1.82, 2.24) is 0 Å². The smallest absolute Gasteiger partial charge is 0.113 e. The van der Waals surface area contributed by atoms with Gasteiger partial charge in [-0.3, -0.25) is 0 Å². The van der Waals surface area contributed by atoms with Crippen LogP contribution in [0.2, 0.25) is 0 Å². The number of ether oxygens (including phenoxy) is 2. The van der Waals surface area contributed by atoms with Gasteiger partial charge >= 0.3 is 0 Å². The fourth-order valence-corrected chi connectivity index (χ4v) is 3.20. The minimum atomic E-state index is 0.0307. The first-order valence-corrected chi connectivity index (χ1v) is 4.89. The summed E-state index contributed by atoms with van der Waals surface area (Å²) in [6, 6.07) is 0. The van der Waals surface area contributed by atoms with Crippen molar-refractivity contribution in [3.63, 3.8) is 0 Å². The Hall–Kier alpha value is -0.0800. The molecule has 1 saturated carbocycles. The molecule has 68 valence electrons. The molecule has 4 aliphatic rings. The number of epoxide rings is 1. The molecule has 0 aromatic carbocycles. The molecule has 3 heterocycles. The van der Waals surface area contributed by atoms with Crippen LogP contribution in [0.5, 0.6) is 0 Å². The molecule has 3 aliphatic heterocycles. The van der Waals surface area contributed by atoms with Crippen LogP contribution in [0, 0.1) is 5.92 Å². The van der Waals surface area contributed by atoms with E-state index in [0.717, 1.165) is 0 Å². The number of hydrogen-bond donors (Lipinski definition) is 0. The Morgan fingerprint density at radius 1 is 1.25 bits per heavy atom. The Balaban J connectivity index is 2.01. The number of rotatable bonds is 0. The average molecular weight is 168 g/mol. The van der Waals surface area contributed by atoms with Crippen LogP contribution in [0.15, 0.2) is 0 Å². The van der Waals surface area contributed by atoms with Gasteiger partial charge in [0.05, 0.1) is 17.3 Å². The second kappa shape index (κ2) is 1.73. The fraction of sp³-hybridized carbons (Fsp3) is 1.00. The summed E-state index contributed by atoms with van der Waals surface area (Å²) in [7, 11) is 0. The van der Waals surface area contributed by atoms with Gasteiger partial charge in [0.2, 0.25) is 0 Å². The van der Waals surface area contributed by atoms with Crippen molar-refractivity contribution in [2.45, 2.75) is 57.0 Å². The Bertz CT molecular complexity index is 236. The van der Waals surface area contributed by atoms with E-state index in [1.54, 1.807) is 0 Å². The second-order valence-electron chi connectivity index (χ2n) is 5.18. The van der Waals surface area contributed by atoms with Crippen molar-refractivity contribution in [1.29, 1.82) is 0 Å². The summed E-state index contributed by atoms with van der Waals surface area (Å²) >= 11 is 0. The lowest BCUT2D eigenvalue weighted by molar-refractivity contribution is -0.214. The standard InChI is InChI=1S/C10H16O2/c1-9(2)6-4-5-10(3,12-9)8-7(6)11-8/h6-8H,4-5H2,1-3H3/t6-,7+,8+,10+/m1/s1. The van der Waals surface area contributed by atoms with E-state index in [1.807, 2.05) is 0 Å². The summed E-state index contributed by atoms with van der Waals surface area (Å²) in [5, 5.41) is 0. The van der Waals surface area contributed by atoms with Crippen molar-refractivity contribution in [2.24, 2.45) is 5.92 Å². The summed E-state index contributed by atoms with van der Waals surface area (Å²) in [5.74, 6) is 0.643. The van der Waals surface area contributed by atoms with Crippen LogP contribution in [0.25, 0.3) is 0 Å². The maximum absolute atomic E-state index is 6.09. The van der Waals surface area contributed by atoms with Gasteiger partial charge in [-0.2, -0.15) is 0 Å². The lowest BCUT2D eigenvalue weighted by atomic mass is 9.69. The molecule has 0 unspecified atom stereocenters. The maximum atomic E-state index is 6.09. The van der Waals surface area contributed by atoms with Gasteiger partial charge in [-0.05, 0) is 33.6 Å². The van der Waals surface area contributed by atoms with E-state index in [9.17, 15) is 0 Å². The molecule has 2 bridgehead atoms. The third-order valence-electron chi connectivity index (χ3n) is 3.86. The molecule has 12 heavy (non-hydrogen) atoms. The highest BCUT2D eigenvalue weighted by molar-refractivity contribution is 5.15. The first-order valence-electron chi connectivity index (χ1n) is 4.89. The van der Waals surface area contributed by atoms with Crippen LogP contribution >= 0.6 is 0 Å². The maximum Gasteiger partial charge on any atom is 0.113 e. The number of fused-ring (bicyclic) bond motifs is 2. The molecule has 0 radical (unpaired) electrons. The molecule has 0 aromatic heterocycles. The molecule has 0 spiro atoms. The largest absolute Gasteiger partial charge is 0.366 e. The van der Waals surface area contributed by atoms with E-state index in [1.165, 1.54) is 12.8 Å². The molecular weight excluding hydrogens is 152 g/mol. The fourth-order valence-electron chi connectivity index (χ4n) is 3.20. The molecule has 4 atom stereocenters. The van der Waals surface area contributed by atoms with Gasteiger partial charge in [-0.25, -0.2) is 0 Å². The molecule has 4 rings (SSSR count). The van der Waals surface area contributed by atoms with Gasteiger partial charge < -0.3 is 9.47 Å². The minimum absolute atomic E-state index is 0.0307. The van der Waals surface area contributed by atoms with Gasteiger partial charge in [0.1, 0.15) is 6.10 Å². The minimum Gasteiger partial charge on any atom is -0.366 e. The Morgan fingerprint density at radius 2 is 2.00 bits per heavy atom. The van der Waals surface area contributed by atoms with Crippen LogP contribution in [-0.2, 0) is 9.47 Å². The molecule has 0 amide bonds. The molecule has 2 nitrogen and oxygen atoms in total. The number of hydrogen-bond acceptors (Lipinski definition) is 2. The van der Waals surface area contributed by atoms with E-state index in [4.69, 9.17) is 9.47 Å². The molecule has 0 aromatic rings. The molecular formula is C10H16O2. The van der Waals surface area contributed by atoms with Gasteiger partial charge in [-0.15, -0.1) is 0 Å². The van der Waals surface area contributed by atoms with Gasteiger partial charge in [0.15, 0.2) is 0 Å². The normalized spacial score (nSPS) is 59.8. The van der Waals surface area contributed by atoms with Gasteiger partial charge in [0, 0.05) is 5.92 Å². The summed E-state index contributed by atoms with van der Waals surface area (Å²) < 4.78 is 11.8. The van der Waals surface area contributed by atoms with Crippen LogP contribution in [0.1, 0.15) is 33.6 Å². The first kappa shape index (κ1) is 7.34. The van der Waals surface area contributed by atoms with Gasteiger partial charge in [-0.1, -0.05) is 0 Å². The Morgan fingerprint density at radius 3 is 2.58 bits per heavy atom. The summed E-state index contributed by atoms with van der Waals surface area (Å²) in [6.07, 6.45) is 3.41. The van der Waals surface area contributed by atoms with E-state index in [2.05, 4.69) is 20.8 Å². The van der Waals surface area contributed by atoms with Crippen molar-refractivity contribution >= 4 is 0 Å². The zero-order valence-corrected chi connectivity index (χ0v) is 7.96. The quantitative estimate of drug-likeness (QED) is 0.514. The Labute approximate surface area is 73.2 Å². The molecule has 3 saturated heterocycles. The summed E-state index contributed by atoms with van der Waals surface area (Å²) in [4.78, 5) is 0. The lowest BCUT2D eigenvalue weighted by Gasteiger charge is -2.51. The third kappa shape index (κ3) is 0.686. The third-order valence-corrected chi connectivity index (χ3v) is 3.86. The highest BCUT2D eigenvalue weighted by Crippen LogP contribution is 2.58. The average Bonchev–Trinajstić information content (AvgIpc) is 2.62. The highest BCUT2D eigenvalue weighted by Gasteiger charge is 2.68. The van der Waals surface area contributed by atoms with Crippen LogP contribution in [0.4, 0.5) is 0 Å². The first-order chi connectivity index (χ1) is 5.53. The zero-order chi connectivity index (χ0) is 8.56. The van der Waals surface area contributed by atoms with Crippen LogP contribution in [0.3, 0.4) is 0 Å². The molecule has 4 fully saturated rings. The SMILES string of the molecule is CC1(C)O[C@@]2(C)CC[C@@H]1[C@@H]1O[C@@H]12. The molecule has 1 aliphatic carbocycles. The second-order valence-corrected chi connectivity index (χ2v) is 5.18. The zero-order valence-electron chi connectivity index (χ0n) is 7.96. The van der Waals surface area contributed by atoms with Crippen molar-refractivity contribution in [3.05, 3.63) is 0 Å². The summed E-state index contributed by atoms with van der Waals surface area (Å²) in [5.41, 5.74) is 0.0770. The monoisotopic (exact) mass is 168 g/mol. The van der Waals surface area contributed by atoms with Crippen molar-refractivity contribution in [2.75, 3.05) is 0 Å². The van der Waals surface area contributed by atoms with E-state index in [0.29, 0.717) is 18.1 Å². The van der Waals surface area contributed by atoms with Crippen molar-refractivity contribution < 1.29 is 9.47 Å². The highest BCUT2D eigenvalue weighted by atomic mass is 16.6. The van der Waals surface area contributed by atoms with E-state index >= 15 is 0 Å². The molecule has 0 N–H and O–H groups in total. The van der Waals surface area contributed by atoms with E-state index in [-0.39, 0.29) is 11.2 Å². The predicted octanol–water partition coefficient (Wildman–Crippen LogP) is 1.73. The Kier molecular flexibility index (Phi) is 1.06. The van der Waals surface area contributed by atoms with E-state index < -0.39 is 0 Å². The predicted molar refractivity (Wildman–Crippen MR) is 45.0 cm³/mol. The summed E-state index contributed by atoms with van der Waals surface area (Å²) in [6.45, 7) is 6.61. The van der Waals surface area contributed by atoms with Gasteiger partial charge in [0.25, 0.3) is 0 Å². The molecule has 2 heteroatoms. The van der Waals surface area contributed by atoms with Crippen LogP contribution in [-0.4, -0.2) is 23.4 Å². The van der Waals surface area contributed by atoms with Crippen LogP contribution < -0.4 is 0 Å². The lowest BCUT2D eigenvalue weighted by Crippen LogP contribution is -2.58. The topological polar surface area (TPSA) is 21.8 Å².